The van der Waals surface area contributed by atoms with Crippen LogP contribution in [0.5, 0.6) is 0 Å². The topological polar surface area (TPSA) is 60.1 Å². The Morgan fingerprint density at radius 3 is 3.32 bits per heavy atom. The number of rotatable bonds is 3. The third-order valence-corrected chi connectivity index (χ3v) is 3.69. The van der Waals surface area contributed by atoms with Gasteiger partial charge in [-0.05, 0) is 25.3 Å². The van der Waals surface area contributed by atoms with Crippen molar-refractivity contribution in [1.29, 1.82) is 0 Å². The molecule has 2 aromatic rings. The van der Waals surface area contributed by atoms with Crippen LogP contribution < -0.4 is 5.32 Å². The van der Waals surface area contributed by atoms with Gasteiger partial charge < -0.3 is 14.3 Å². The summed E-state index contributed by atoms with van der Waals surface area (Å²) in [5.41, 5.74) is 0.624. The fourth-order valence-electron chi connectivity index (χ4n) is 2.56. The summed E-state index contributed by atoms with van der Waals surface area (Å²) < 4.78 is 7.31. The Labute approximate surface area is 111 Å². The Kier molecular flexibility index (Phi) is 3.11. The van der Waals surface area contributed by atoms with Gasteiger partial charge in [0.2, 0.25) is 0 Å². The highest BCUT2D eigenvalue weighted by Crippen LogP contribution is 2.18. The second kappa shape index (κ2) is 4.91. The molecular weight excluding hydrogens is 242 g/mol. The van der Waals surface area contributed by atoms with E-state index in [4.69, 9.17) is 4.42 Å². The van der Waals surface area contributed by atoms with Crippen molar-refractivity contribution in [2.24, 2.45) is 5.92 Å². The number of amides is 1. The van der Waals surface area contributed by atoms with Gasteiger partial charge in [0.15, 0.2) is 0 Å². The van der Waals surface area contributed by atoms with Crippen LogP contribution in [-0.4, -0.2) is 22.0 Å². The second-order valence-corrected chi connectivity index (χ2v) is 5.00. The molecule has 1 amide bonds. The normalized spacial score (nSPS) is 18.1. The third kappa shape index (κ3) is 2.41. The van der Waals surface area contributed by atoms with Gasteiger partial charge in [0, 0.05) is 31.9 Å². The Morgan fingerprint density at radius 1 is 1.63 bits per heavy atom. The smallest absolute Gasteiger partial charge is 0.254 e. The van der Waals surface area contributed by atoms with Gasteiger partial charge in [0.1, 0.15) is 11.6 Å². The first-order valence-corrected chi connectivity index (χ1v) is 6.56. The number of hydrogen-bond acceptors (Lipinski definition) is 3. The summed E-state index contributed by atoms with van der Waals surface area (Å²) in [6.45, 7) is 3.42. The summed E-state index contributed by atoms with van der Waals surface area (Å²) in [5.74, 6) is 2.23. The van der Waals surface area contributed by atoms with E-state index in [-0.39, 0.29) is 5.91 Å². The summed E-state index contributed by atoms with van der Waals surface area (Å²) >= 11 is 0. The lowest BCUT2D eigenvalue weighted by molar-refractivity contribution is 0.0942. The van der Waals surface area contributed by atoms with E-state index >= 15 is 0 Å². The molecule has 3 rings (SSSR count). The lowest BCUT2D eigenvalue weighted by Crippen LogP contribution is -2.33. The summed E-state index contributed by atoms with van der Waals surface area (Å²) in [7, 11) is 0. The zero-order valence-electron chi connectivity index (χ0n) is 10.9. The third-order valence-electron chi connectivity index (χ3n) is 3.69. The van der Waals surface area contributed by atoms with E-state index in [1.54, 1.807) is 19.3 Å². The SMILES string of the molecule is Cc1occc1C(=O)NC[C@H]1CCc2nccn2C1. The lowest BCUT2D eigenvalue weighted by atomic mass is 9.99. The number of imidazole rings is 1. The molecule has 0 aliphatic carbocycles. The Bertz CT molecular complexity index is 585. The molecule has 1 aliphatic rings. The standard InChI is InChI=1S/C14H17N3O2/c1-10-12(4-7-19-10)14(18)16-8-11-2-3-13-15-5-6-17(13)9-11/h4-7,11H,2-3,8-9H2,1H3,(H,16,18)/t11-/m1/s1. The number of carbonyl (C=O) groups is 1. The number of nitrogens with one attached hydrogen (secondary N) is 1. The van der Waals surface area contributed by atoms with Gasteiger partial charge in [-0.3, -0.25) is 4.79 Å². The average molecular weight is 259 g/mol. The molecule has 0 saturated carbocycles. The van der Waals surface area contributed by atoms with Crippen molar-refractivity contribution < 1.29 is 9.21 Å². The molecule has 1 aliphatic heterocycles. The number of fused-ring (bicyclic) bond motifs is 1. The molecule has 0 spiro atoms. The molecule has 0 bridgehead atoms. The van der Waals surface area contributed by atoms with Crippen molar-refractivity contribution in [3.63, 3.8) is 0 Å². The van der Waals surface area contributed by atoms with Crippen molar-refractivity contribution in [2.75, 3.05) is 6.54 Å². The van der Waals surface area contributed by atoms with Crippen molar-refractivity contribution in [3.8, 4) is 0 Å². The molecular formula is C14H17N3O2. The summed E-state index contributed by atoms with van der Waals surface area (Å²) in [4.78, 5) is 16.3. The maximum absolute atomic E-state index is 12.0. The first-order valence-electron chi connectivity index (χ1n) is 6.56. The molecule has 3 heterocycles. The molecule has 5 heteroatoms. The Hall–Kier alpha value is -2.04. The molecule has 0 fully saturated rings. The Balaban J connectivity index is 1.56. The van der Waals surface area contributed by atoms with Gasteiger partial charge in [0.25, 0.3) is 5.91 Å². The van der Waals surface area contributed by atoms with E-state index in [2.05, 4.69) is 14.9 Å². The summed E-state index contributed by atoms with van der Waals surface area (Å²) in [6, 6.07) is 1.71. The maximum atomic E-state index is 12.0. The molecule has 19 heavy (non-hydrogen) atoms. The monoisotopic (exact) mass is 259 g/mol. The fraction of sp³-hybridized carbons (Fsp3) is 0.429. The van der Waals surface area contributed by atoms with Crippen LogP contribution in [0.4, 0.5) is 0 Å². The molecule has 0 saturated heterocycles. The van der Waals surface area contributed by atoms with E-state index in [9.17, 15) is 4.79 Å². The largest absolute Gasteiger partial charge is 0.469 e. The highest BCUT2D eigenvalue weighted by atomic mass is 16.3. The maximum Gasteiger partial charge on any atom is 0.254 e. The molecule has 1 atom stereocenters. The summed E-state index contributed by atoms with van der Waals surface area (Å²) in [5, 5.41) is 2.99. The minimum absolute atomic E-state index is 0.0531. The van der Waals surface area contributed by atoms with E-state index in [0.29, 0.717) is 23.8 Å². The highest BCUT2D eigenvalue weighted by Gasteiger charge is 2.20. The van der Waals surface area contributed by atoms with Crippen molar-refractivity contribution in [3.05, 3.63) is 41.9 Å². The number of hydrogen-bond donors (Lipinski definition) is 1. The quantitative estimate of drug-likeness (QED) is 0.914. The van der Waals surface area contributed by atoms with E-state index < -0.39 is 0 Å². The van der Waals surface area contributed by atoms with Crippen LogP contribution in [0, 0.1) is 12.8 Å². The van der Waals surface area contributed by atoms with Crippen LogP contribution >= 0.6 is 0 Å². The molecule has 0 radical (unpaired) electrons. The molecule has 100 valence electrons. The van der Waals surface area contributed by atoms with Crippen LogP contribution in [0.15, 0.2) is 29.1 Å². The number of nitrogens with zero attached hydrogens (tertiary/aromatic N) is 2. The minimum atomic E-state index is -0.0531. The van der Waals surface area contributed by atoms with Crippen LogP contribution in [-0.2, 0) is 13.0 Å². The fourth-order valence-corrected chi connectivity index (χ4v) is 2.56. The molecule has 2 aromatic heterocycles. The average Bonchev–Trinajstić information content (AvgIpc) is 3.03. The minimum Gasteiger partial charge on any atom is -0.469 e. The van der Waals surface area contributed by atoms with Crippen LogP contribution in [0.25, 0.3) is 0 Å². The van der Waals surface area contributed by atoms with Crippen LogP contribution in [0.3, 0.4) is 0 Å². The van der Waals surface area contributed by atoms with E-state index in [1.165, 1.54) is 0 Å². The Morgan fingerprint density at radius 2 is 2.53 bits per heavy atom. The van der Waals surface area contributed by atoms with Gasteiger partial charge in [-0.15, -0.1) is 0 Å². The summed E-state index contributed by atoms with van der Waals surface area (Å²) in [6.07, 6.45) is 7.44. The van der Waals surface area contributed by atoms with E-state index in [0.717, 1.165) is 25.2 Å². The van der Waals surface area contributed by atoms with Crippen LogP contribution in [0.2, 0.25) is 0 Å². The highest BCUT2D eigenvalue weighted by molar-refractivity contribution is 5.95. The van der Waals surface area contributed by atoms with Gasteiger partial charge >= 0.3 is 0 Å². The molecule has 0 unspecified atom stereocenters. The number of aromatic nitrogens is 2. The van der Waals surface area contributed by atoms with Crippen LogP contribution in [0.1, 0.15) is 28.4 Å². The number of aryl methyl sites for hydroxylation is 2. The zero-order valence-corrected chi connectivity index (χ0v) is 10.9. The van der Waals surface area contributed by atoms with Crippen molar-refractivity contribution in [2.45, 2.75) is 26.3 Å². The van der Waals surface area contributed by atoms with Gasteiger partial charge in [-0.25, -0.2) is 4.98 Å². The predicted octanol–water partition coefficient (Wildman–Crippen LogP) is 1.78. The molecule has 5 nitrogen and oxygen atoms in total. The van der Waals surface area contributed by atoms with Gasteiger partial charge in [0.05, 0.1) is 11.8 Å². The second-order valence-electron chi connectivity index (χ2n) is 5.00. The number of furan rings is 1. The van der Waals surface area contributed by atoms with Gasteiger partial charge in [-0.1, -0.05) is 0 Å². The first-order chi connectivity index (χ1) is 9.24. The molecule has 0 aromatic carbocycles. The molecule has 1 N–H and O–H groups in total. The zero-order chi connectivity index (χ0) is 13.2. The number of carbonyl (C=O) groups excluding carboxylic acids is 1. The first kappa shape index (κ1) is 12.0. The predicted molar refractivity (Wildman–Crippen MR) is 69.8 cm³/mol. The lowest BCUT2D eigenvalue weighted by Gasteiger charge is -2.23. The van der Waals surface area contributed by atoms with E-state index in [1.807, 2.05) is 12.4 Å². The van der Waals surface area contributed by atoms with Crippen molar-refractivity contribution >= 4 is 5.91 Å². The van der Waals surface area contributed by atoms with Gasteiger partial charge in [-0.2, -0.15) is 0 Å². The van der Waals surface area contributed by atoms with Crippen molar-refractivity contribution in [1.82, 2.24) is 14.9 Å².